The highest BCUT2D eigenvalue weighted by Gasteiger charge is 2.35. The highest BCUT2D eigenvalue weighted by atomic mass is 35.5. The molecule has 0 radical (unpaired) electrons. The number of nitro groups is 1. The molecule has 0 fully saturated rings. The zero-order chi connectivity index (χ0) is 26.0. The Hall–Kier alpha value is -3.86. The van der Waals surface area contributed by atoms with Crippen molar-refractivity contribution in [3.63, 3.8) is 0 Å². The molecular formula is C24H15Cl2N3O6S. The molecule has 182 valence electrons. The van der Waals surface area contributed by atoms with Crippen LogP contribution in [0.5, 0.6) is 0 Å². The summed E-state index contributed by atoms with van der Waals surface area (Å²) >= 11 is 17.2. The van der Waals surface area contributed by atoms with Crippen LogP contribution in [0.1, 0.15) is 31.1 Å². The zero-order valence-corrected chi connectivity index (χ0v) is 20.5. The van der Waals surface area contributed by atoms with Gasteiger partial charge in [-0.05, 0) is 60.7 Å². The average molecular weight is 544 g/mol. The van der Waals surface area contributed by atoms with Crippen molar-refractivity contribution in [1.82, 2.24) is 4.90 Å². The number of nitrogens with zero attached hydrogens (tertiary/aromatic N) is 3. The molecule has 3 aromatic carbocycles. The smallest absolute Gasteiger partial charge is 0.288 e. The van der Waals surface area contributed by atoms with Gasteiger partial charge in [0.1, 0.15) is 11.6 Å². The van der Waals surface area contributed by atoms with E-state index in [2.05, 4.69) is 0 Å². The van der Waals surface area contributed by atoms with Crippen molar-refractivity contribution in [3.05, 3.63) is 104 Å². The second-order valence-electron chi connectivity index (χ2n) is 7.46. The lowest BCUT2D eigenvalue weighted by Crippen LogP contribution is -2.39. The van der Waals surface area contributed by atoms with E-state index >= 15 is 0 Å². The van der Waals surface area contributed by atoms with Crippen LogP contribution in [-0.4, -0.2) is 45.9 Å². The second-order valence-corrected chi connectivity index (χ2v) is 8.66. The van der Waals surface area contributed by atoms with E-state index in [1.807, 2.05) is 0 Å². The number of benzene rings is 3. The van der Waals surface area contributed by atoms with Crippen molar-refractivity contribution in [1.29, 1.82) is 0 Å². The molecule has 1 aliphatic heterocycles. The third kappa shape index (κ3) is 4.92. The maximum Gasteiger partial charge on any atom is 0.288 e. The highest BCUT2D eigenvalue weighted by Crippen LogP contribution is 2.28. The number of ether oxygens (including phenoxy) is 1. The van der Waals surface area contributed by atoms with Crippen LogP contribution in [0.2, 0.25) is 10.0 Å². The van der Waals surface area contributed by atoms with E-state index in [0.717, 1.165) is 15.9 Å². The summed E-state index contributed by atoms with van der Waals surface area (Å²) in [5.41, 5.74) is 0.371. The first kappa shape index (κ1) is 25.2. The van der Waals surface area contributed by atoms with Crippen molar-refractivity contribution in [2.75, 3.05) is 18.1 Å². The molecule has 36 heavy (non-hydrogen) atoms. The fourth-order valence-electron chi connectivity index (χ4n) is 3.54. The Morgan fingerprint density at radius 3 is 2.19 bits per heavy atom. The molecular weight excluding hydrogens is 529 g/mol. The van der Waals surface area contributed by atoms with Gasteiger partial charge in [0.25, 0.3) is 28.6 Å². The summed E-state index contributed by atoms with van der Waals surface area (Å²) in [6, 6.07) is 16.1. The Labute approximate surface area is 219 Å². The number of fused-ring (bicyclic) bond motifs is 1. The number of hydrogen-bond acceptors (Lipinski definition) is 7. The van der Waals surface area contributed by atoms with Gasteiger partial charge in [-0.1, -0.05) is 35.3 Å². The lowest BCUT2D eigenvalue weighted by Gasteiger charge is -2.24. The molecule has 0 bridgehead atoms. The SMILES string of the molecule is O=C1c2ccccc2C(=O)N1CCOC(=S)N(C(=O)c1ccc(Cl)c([N+](=O)[O-])c1)c1ccc(Cl)cc1. The van der Waals surface area contributed by atoms with Crippen LogP contribution in [0.4, 0.5) is 11.4 Å². The van der Waals surface area contributed by atoms with Crippen molar-refractivity contribution in [2.24, 2.45) is 0 Å². The molecule has 0 spiro atoms. The number of nitro benzene ring substituents is 1. The minimum atomic E-state index is -0.720. The van der Waals surface area contributed by atoms with Gasteiger partial charge in [-0.2, -0.15) is 0 Å². The minimum Gasteiger partial charge on any atom is -0.468 e. The second kappa shape index (κ2) is 10.4. The van der Waals surface area contributed by atoms with Crippen LogP contribution in [0.25, 0.3) is 0 Å². The summed E-state index contributed by atoms with van der Waals surface area (Å²) in [7, 11) is 0. The summed E-state index contributed by atoms with van der Waals surface area (Å²) in [6.45, 7) is -0.302. The van der Waals surface area contributed by atoms with Crippen LogP contribution in [0, 0.1) is 10.1 Å². The molecule has 1 aliphatic rings. The van der Waals surface area contributed by atoms with E-state index in [1.54, 1.807) is 24.3 Å². The van der Waals surface area contributed by atoms with Crippen molar-refractivity contribution < 1.29 is 24.0 Å². The van der Waals surface area contributed by atoms with Gasteiger partial charge in [0.2, 0.25) is 0 Å². The summed E-state index contributed by atoms with van der Waals surface area (Å²) in [4.78, 5) is 51.1. The Kier molecular flexibility index (Phi) is 7.30. The number of thiocarbonyl (C=S) groups is 1. The van der Waals surface area contributed by atoms with Gasteiger partial charge < -0.3 is 4.74 Å². The molecule has 0 unspecified atom stereocenters. The summed E-state index contributed by atoms with van der Waals surface area (Å²) in [6.07, 6.45) is 0. The summed E-state index contributed by atoms with van der Waals surface area (Å²) < 4.78 is 5.59. The standard InChI is InChI=1S/C24H15Cl2N3O6S/c25-15-6-8-16(9-7-15)28(21(30)14-5-10-19(26)20(13-14)29(33)34)24(36)35-12-11-27-22(31)17-3-1-2-4-18(17)23(27)32/h1-10,13H,11-12H2. The number of carbonyl (C=O) groups is 3. The monoisotopic (exact) mass is 543 g/mol. The minimum absolute atomic E-state index is 0.0626. The van der Waals surface area contributed by atoms with E-state index in [-0.39, 0.29) is 34.6 Å². The maximum atomic E-state index is 13.4. The third-order valence-electron chi connectivity index (χ3n) is 5.28. The summed E-state index contributed by atoms with van der Waals surface area (Å²) in [5, 5.41) is 11.3. The number of rotatable bonds is 6. The van der Waals surface area contributed by atoms with E-state index in [4.69, 9.17) is 40.2 Å². The van der Waals surface area contributed by atoms with Gasteiger partial charge in [0.15, 0.2) is 0 Å². The number of carbonyl (C=O) groups excluding carboxylic acids is 3. The predicted octanol–water partition coefficient (Wildman–Crippen LogP) is 5.15. The normalized spacial score (nSPS) is 12.3. The van der Waals surface area contributed by atoms with Crippen LogP contribution >= 0.6 is 35.4 Å². The first-order valence-corrected chi connectivity index (χ1v) is 11.5. The quantitative estimate of drug-likeness (QED) is 0.183. The van der Waals surface area contributed by atoms with Gasteiger partial charge >= 0.3 is 0 Å². The van der Waals surface area contributed by atoms with Gasteiger partial charge in [-0.15, -0.1) is 0 Å². The molecule has 0 saturated carbocycles. The first-order chi connectivity index (χ1) is 17.2. The Balaban J connectivity index is 1.54. The Morgan fingerprint density at radius 2 is 1.61 bits per heavy atom. The molecule has 1 heterocycles. The highest BCUT2D eigenvalue weighted by molar-refractivity contribution is 7.80. The van der Waals surface area contributed by atoms with Crippen LogP contribution in [0.15, 0.2) is 66.7 Å². The maximum absolute atomic E-state index is 13.4. The number of anilines is 1. The van der Waals surface area contributed by atoms with Crippen LogP contribution < -0.4 is 4.90 Å². The molecule has 0 aliphatic carbocycles. The van der Waals surface area contributed by atoms with Crippen LogP contribution in [-0.2, 0) is 4.74 Å². The van der Waals surface area contributed by atoms with Crippen LogP contribution in [0.3, 0.4) is 0 Å². The molecule has 4 rings (SSSR count). The largest absolute Gasteiger partial charge is 0.468 e. The number of amides is 3. The Morgan fingerprint density at radius 1 is 1.00 bits per heavy atom. The van der Waals surface area contributed by atoms with E-state index < -0.39 is 28.3 Å². The number of hydrogen-bond donors (Lipinski definition) is 0. The fourth-order valence-corrected chi connectivity index (χ4v) is 4.13. The van der Waals surface area contributed by atoms with Gasteiger partial charge in [0.05, 0.1) is 28.3 Å². The topological polar surface area (TPSA) is 110 Å². The van der Waals surface area contributed by atoms with E-state index in [9.17, 15) is 24.5 Å². The van der Waals surface area contributed by atoms with Crippen molar-refractivity contribution >= 4 is 69.7 Å². The fraction of sp³-hybridized carbons (Fsp3) is 0.0833. The molecule has 3 amide bonds. The van der Waals surface area contributed by atoms with Crippen molar-refractivity contribution in [3.8, 4) is 0 Å². The van der Waals surface area contributed by atoms with E-state index in [0.29, 0.717) is 16.1 Å². The molecule has 9 nitrogen and oxygen atoms in total. The molecule has 0 saturated heterocycles. The average Bonchev–Trinajstić information content (AvgIpc) is 3.10. The molecule has 0 N–H and O–H groups in total. The lowest BCUT2D eigenvalue weighted by atomic mass is 10.1. The van der Waals surface area contributed by atoms with Gasteiger partial charge in [-0.25, -0.2) is 4.90 Å². The van der Waals surface area contributed by atoms with E-state index in [1.165, 1.54) is 36.4 Å². The number of imide groups is 1. The first-order valence-electron chi connectivity index (χ1n) is 10.3. The van der Waals surface area contributed by atoms with Gasteiger partial charge in [0, 0.05) is 16.7 Å². The number of halogens is 2. The third-order valence-corrected chi connectivity index (χ3v) is 6.15. The van der Waals surface area contributed by atoms with Crippen molar-refractivity contribution in [2.45, 2.75) is 0 Å². The zero-order valence-electron chi connectivity index (χ0n) is 18.2. The molecule has 12 heteroatoms. The summed E-state index contributed by atoms with van der Waals surface area (Å²) in [5.74, 6) is -1.63. The molecule has 0 aromatic heterocycles. The lowest BCUT2D eigenvalue weighted by molar-refractivity contribution is -0.384. The predicted molar refractivity (Wildman–Crippen MR) is 137 cm³/mol. The molecule has 3 aromatic rings. The Bertz CT molecular complexity index is 1380. The van der Waals surface area contributed by atoms with Gasteiger partial charge in [-0.3, -0.25) is 29.4 Å². The molecule has 0 atom stereocenters.